The largest absolute Gasteiger partial charge is 0.342 e. The maximum Gasteiger partial charge on any atom is 0.124 e. The van der Waals surface area contributed by atoms with Gasteiger partial charge in [0.05, 0.1) is 24.9 Å². The molecule has 0 saturated carbocycles. The average Bonchev–Trinajstić information content (AvgIpc) is 2.96. The molecule has 0 aliphatic rings. The Kier molecular flexibility index (Phi) is 5.62. The zero-order valence-electron chi connectivity index (χ0n) is 12.7. The van der Waals surface area contributed by atoms with Gasteiger partial charge >= 0.3 is 0 Å². The molecule has 2 N–H and O–H groups in total. The molecule has 0 aliphatic carbocycles. The molecule has 1 aromatic heterocycles. The van der Waals surface area contributed by atoms with Crippen LogP contribution in [-0.4, -0.2) is 20.7 Å². The van der Waals surface area contributed by atoms with Crippen molar-refractivity contribution in [1.82, 2.24) is 14.7 Å². The number of halogens is 3. The van der Waals surface area contributed by atoms with Crippen LogP contribution in [0.3, 0.4) is 0 Å². The van der Waals surface area contributed by atoms with Gasteiger partial charge in [-0.05, 0) is 39.7 Å². The van der Waals surface area contributed by atoms with Crippen molar-refractivity contribution in [1.29, 1.82) is 0 Å². The van der Waals surface area contributed by atoms with Gasteiger partial charge in [0, 0.05) is 13.0 Å². The van der Waals surface area contributed by atoms with Crippen LogP contribution in [0.5, 0.6) is 0 Å². The molecule has 1 unspecified atom stereocenters. The molecular weight excluding hydrogens is 433 g/mol. The molecular formula is C16H14BrCl2N3OS. The molecule has 1 atom stereocenters. The molecule has 3 rings (SSSR count). The number of H-pyrrole nitrogens is 1. The number of rotatable bonds is 5. The number of fused-ring (bicyclic) bond motifs is 1. The minimum absolute atomic E-state index is 0.497. The van der Waals surface area contributed by atoms with Crippen LogP contribution in [0.15, 0.2) is 39.7 Å². The summed E-state index contributed by atoms with van der Waals surface area (Å²) in [7, 11) is -1.17. The van der Waals surface area contributed by atoms with E-state index in [1.165, 1.54) is 0 Å². The summed E-state index contributed by atoms with van der Waals surface area (Å²) in [5, 5.41) is 1.04. The molecule has 126 valence electrons. The Morgan fingerprint density at radius 3 is 2.67 bits per heavy atom. The Balaban J connectivity index is 1.85. The predicted octanol–water partition coefficient (Wildman–Crippen LogP) is 4.86. The van der Waals surface area contributed by atoms with Gasteiger partial charge in [0.15, 0.2) is 0 Å². The Labute approximate surface area is 160 Å². The van der Waals surface area contributed by atoms with E-state index < -0.39 is 11.0 Å². The average molecular weight is 447 g/mol. The SMILES string of the molecule is CCNS(=O)c1ccc(Cc2nc3c(Cl)c(Br)c(Cl)cc3[nH]2)cc1. The number of nitrogens with one attached hydrogen (secondary N) is 2. The van der Waals surface area contributed by atoms with Crippen LogP contribution < -0.4 is 4.72 Å². The van der Waals surface area contributed by atoms with Gasteiger partial charge in [0.2, 0.25) is 0 Å². The van der Waals surface area contributed by atoms with Crippen LogP contribution in [0.25, 0.3) is 11.0 Å². The summed E-state index contributed by atoms with van der Waals surface area (Å²) < 4.78 is 15.4. The summed E-state index contributed by atoms with van der Waals surface area (Å²) >= 11 is 15.8. The highest BCUT2D eigenvalue weighted by atomic mass is 79.9. The maximum atomic E-state index is 11.9. The maximum absolute atomic E-state index is 11.9. The van der Waals surface area contributed by atoms with Crippen molar-refractivity contribution in [3.05, 3.63) is 56.2 Å². The topological polar surface area (TPSA) is 57.8 Å². The van der Waals surface area contributed by atoms with E-state index in [0.717, 1.165) is 21.8 Å². The van der Waals surface area contributed by atoms with Crippen LogP contribution in [0.2, 0.25) is 10.0 Å². The van der Waals surface area contributed by atoms with Gasteiger partial charge in [0.1, 0.15) is 22.3 Å². The molecule has 8 heteroatoms. The van der Waals surface area contributed by atoms with E-state index >= 15 is 0 Å². The lowest BCUT2D eigenvalue weighted by Crippen LogP contribution is -2.16. The van der Waals surface area contributed by atoms with Gasteiger partial charge in [-0.1, -0.05) is 42.3 Å². The normalized spacial score (nSPS) is 12.7. The molecule has 0 amide bonds. The van der Waals surface area contributed by atoms with Crippen LogP contribution >= 0.6 is 39.1 Å². The van der Waals surface area contributed by atoms with E-state index in [1.54, 1.807) is 6.07 Å². The zero-order chi connectivity index (χ0) is 17.3. The Hall–Kier alpha value is -0.920. The summed E-state index contributed by atoms with van der Waals surface area (Å²) in [5.41, 5.74) is 2.55. The summed E-state index contributed by atoms with van der Waals surface area (Å²) in [5.74, 6) is 0.793. The molecule has 0 bridgehead atoms. The van der Waals surface area contributed by atoms with Crippen molar-refractivity contribution >= 4 is 61.2 Å². The van der Waals surface area contributed by atoms with E-state index in [1.807, 2.05) is 31.2 Å². The van der Waals surface area contributed by atoms with Gasteiger partial charge in [-0.15, -0.1) is 0 Å². The van der Waals surface area contributed by atoms with E-state index in [-0.39, 0.29) is 0 Å². The van der Waals surface area contributed by atoms with Crippen LogP contribution in [0.4, 0.5) is 0 Å². The lowest BCUT2D eigenvalue weighted by molar-refractivity contribution is 0.674. The molecule has 0 radical (unpaired) electrons. The number of benzene rings is 2. The van der Waals surface area contributed by atoms with Crippen molar-refractivity contribution in [2.45, 2.75) is 18.2 Å². The second kappa shape index (κ2) is 7.54. The second-order valence-electron chi connectivity index (χ2n) is 5.15. The fourth-order valence-corrected chi connectivity index (χ4v) is 3.94. The van der Waals surface area contributed by atoms with Crippen molar-refractivity contribution in [3.63, 3.8) is 0 Å². The molecule has 1 heterocycles. The van der Waals surface area contributed by atoms with E-state index in [4.69, 9.17) is 23.2 Å². The quantitative estimate of drug-likeness (QED) is 0.550. The van der Waals surface area contributed by atoms with Crippen molar-refractivity contribution < 1.29 is 4.21 Å². The van der Waals surface area contributed by atoms with E-state index in [9.17, 15) is 4.21 Å². The number of hydrogen-bond acceptors (Lipinski definition) is 2. The minimum Gasteiger partial charge on any atom is -0.342 e. The van der Waals surface area contributed by atoms with Gasteiger partial charge in [-0.3, -0.25) is 0 Å². The van der Waals surface area contributed by atoms with Gasteiger partial charge in [-0.2, -0.15) is 0 Å². The third-order valence-corrected chi connectivity index (χ3v) is 6.64. The van der Waals surface area contributed by atoms with Crippen molar-refractivity contribution in [2.24, 2.45) is 0 Å². The monoisotopic (exact) mass is 445 g/mol. The van der Waals surface area contributed by atoms with Gasteiger partial charge in [-0.25, -0.2) is 13.9 Å². The fourth-order valence-electron chi connectivity index (χ4n) is 2.33. The first-order chi connectivity index (χ1) is 11.5. The summed E-state index contributed by atoms with van der Waals surface area (Å²) in [6, 6.07) is 9.41. The van der Waals surface area contributed by atoms with E-state index in [0.29, 0.717) is 33.0 Å². The van der Waals surface area contributed by atoms with Crippen molar-refractivity contribution in [2.75, 3.05) is 6.54 Å². The number of aromatic amines is 1. The van der Waals surface area contributed by atoms with Crippen LogP contribution in [-0.2, 0) is 17.4 Å². The molecule has 0 spiro atoms. The molecule has 24 heavy (non-hydrogen) atoms. The fraction of sp³-hybridized carbons (Fsp3) is 0.188. The number of hydrogen-bond donors (Lipinski definition) is 2. The Bertz CT molecular complexity index is 912. The Morgan fingerprint density at radius 1 is 1.29 bits per heavy atom. The predicted molar refractivity (Wildman–Crippen MR) is 103 cm³/mol. The first-order valence-electron chi connectivity index (χ1n) is 7.26. The molecule has 3 aromatic rings. The highest BCUT2D eigenvalue weighted by molar-refractivity contribution is 9.10. The van der Waals surface area contributed by atoms with Crippen LogP contribution in [0.1, 0.15) is 18.3 Å². The molecule has 0 fully saturated rings. The van der Waals surface area contributed by atoms with Gasteiger partial charge < -0.3 is 4.98 Å². The highest BCUT2D eigenvalue weighted by Gasteiger charge is 2.13. The third-order valence-electron chi connectivity index (χ3n) is 3.45. The van der Waals surface area contributed by atoms with E-state index in [2.05, 4.69) is 30.6 Å². The smallest absolute Gasteiger partial charge is 0.124 e. The first-order valence-corrected chi connectivity index (χ1v) is 9.95. The first kappa shape index (κ1) is 17.9. The lowest BCUT2D eigenvalue weighted by atomic mass is 10.1. The standard InChI is InChI=1S/C16H14BrCl2N3OS/c1-2-20-24(23)10-5-3-9(4-6-10)7-13-21-12-8-11(18)14(17)15(19)16(12)22-13/h3-6,8,20H,2,7H2,1H3,(H,21,22). The second-order valence-corrected chi connectivity index (χ2v) is 8.03. The highest BCUT2D eigenvalue weighted by Crippen LogP contribution is 2.36. The molecule has 0 aliphatic heterocycles. The minimum atomic E-state index is -1.17. The summed E-state index contributed by atoms with van der Waals surface area (Å²) in [4.78, 5) is 8.54. The Morgan fingerprint density at radius 2 is 2.00 bits per heavy atom. The zero-order valence-corrected chi connectivity index (χ0v) is 16.6. The third kappa shape index (κ3) is 3.68. The molecule has 4 nitrogen and oxygen atoms in total. The molecule has 0 saturated heterocycles. The lowest BCUT2D eigenvalue weighted by Gasteiger charge is -2.03. The summed E-state index contributed by atoms with van der Waals surface area (Å²) in [6.45, 7) is 2.58. The van der Waals surface area contributed by atoms with Crippen molar-refractivity contribution in [3.8, 4) is 0 Å². The molecule has 2 aromatic carbocycles. The summed E-state index contributed by atoms with van der Waals surface area (Å²) in [6.07, 6.45) is 0.619. The number of nitrogens with zero attached hydrogens (tertiary/aromatic N) is 1. The number of imidazole rings is 1. The van der Waals surface area contributed by atoms with Gasteiger partial charge in [0.25, 0.3) is 0 Å². The number of aromatic nitrogens is 2. The van der Waals surface area contributed by atoms with Crippen LogP contribution in [0, 0.1) is 0 Å².